The summed E-state index contributed by atoms with van der Waals surface area (Å²) in [4.78, 5) is 12.5. The maximum Gasteiger partial charge on any atom is 0.220 e. The Labute approximate surface area is 503 Å². The minimum Gasteiger partial charge on any atom is -0.394 e. The first kappa shape index (κ1) is 78.4. The zero-order valence-corrected chi connectivity index (χ0v) is 54.6. The third-order valence-corrected chi connectivity index (χ3v) is 17.3. The first-order valence-electron chi connectivity index (χ1n) is 36.9. The monoisotopic (exact) mass is 1120 g/mol. The molecule has 0 aromatic carbocycles. The molecule has 0 aromatic rings. The van der Waals surface area contributed by atoms with Crippen LogP contribution in [0.15, 0.2) is 48.6 Å². The molecule has 0 aliphatic carbocycles. The van der Waals surface area contributed by atoms with Crippen molar-refractivity contribution in [3.05, 3.63) is 48.6 Å². The topological polar surface area (TPSA) is 69.6 Å². The normalized spacial score (nSPS) is 12.9. The van der Waals surface area contributed by atoms with Crippen LogP contribution in [0.2, 0.25) is 0 Å². The molecule has 0 rings (SSSR count). The summed E-state index contributed by atoms with van der Waals surface area (Å²) < 4.78 is 0. The lowest BCUT2D eigenvalue weighted by atomic mass is 10.0. The molecule has 3 N–H and O–H groups in total. The summed E-state index contributed by atoms with van der Waals surface area (Å²) in [6.07, 6.45) is 101. The van der Waals surface area contributed by atoms with Crippen molar-refractivity contribution in [3.8, 4) is 0 Å². The van der Waals surface area contributed by atoms with E-state index in [0.717, 1.165) is 38.5 Å². The van der Waals surface area contributed by atoms with Crippen molar-refractivity contribution in [3.63, 3.8) is 0 Å². The summed E-state index contributed by atoms with van der Waals surface area (Å²) in [6.45, 7) is 4.33. The third kappa shape index (κ3) is 67.1. The molecule has 0 fully saturated rings. The zero-order chi connectivity index (χ0) is 57.6. The largest absolute Gasteiger partial charge is 0.394 e. The first-order chi connectivity index (χ1) is 39.7. The van der Waals surface area contributed by atoms with E-state index in [1.165, 1.54) is 353 Å². The van der Waals surface area contributed by atoms with Gasteiger partial charge in [-0.15, -0.1) is 0 Å². The van der Waals surface area contributed by atoms with Gasteiger partial charge in [-0.25, -0.2) is 0 Å². The van der Waals surface area contributed by atoms with E-state index >= 15 is 0 Å². The number of carbonyl (C=O) groups excluding carboxylic acids is 1. The van der Waals surface area contributed by atoms with Crippen molar-refractivity contribution in [2.24, 2.45) is 0 Å². The van der Waals surface area contributed by atoms with Crippen LogP contribution in [0.4, 0.5) is 0 Å². The van der Waals surface area contributed by atoms with Gasteiger partial charge in [0.1, 0.15) is 0 Å². The number of allylic oxidation sites excluding steroid dienone is 7. The molecular formula is C76H145NO3. The lowest BCUT2D eigenvalue weighted by molar-refractivity contribution is -0.123. The summed E-state index contributed by atoms with van der Waals surface area (Å²) in [6, 6.07) is -0.640. The lowest BCUT2D eigenvalue weighted by Gasteiger charge is -2.19. The van der Waals surface area contributed by atoms with Crippen LogP contribution < -0.4 is 5.32 Å². The van der Waals surface area contributed by atoms with Gasteiger partial charge in [-0.05, 0) is 64.2 Å². The molecule has 472 valence electrons. The molecule has 0 aromatic heterocycles. The molecule has 4 nitrogen and oxygen atoms in total. The van der Waals surface area contributed by atoms with Gasteiger partial charge in [0.2, 0.25) is 5.91 Å². The van der Waals surface area contributed by atoms with Crippen LogP contribution in [-0.2, 0) is 4.79 Å². The molecule has 0 heterocycles. The number of hydrogen-bond donors (Lipinski definition) is 3. The zero-order valence-electron chi connectivity index (χ0n) is 54.6. The van der Waals surface area contributed by atoms with Crippen molar-refractivity contribution in [1.82, 2.24) is 5.32 Å². The number of rotatable bonds is 69. The van der Waals surface area contributed by atoms with E-state index in [-0.39, 0.29) is 12.5 Å². The van der Waals surface area contributed by atoms with Crippen LogP contribution >= 0.6 is 0 Å². The van der Waals surface area contributed by atoms with Crippen molar-refractivity contribution in [2.75, 3.05) is 6.61 Å². The molecule has 0 saturated carbocycles. The molecule has 2 atom stereocenters. The standard InChI is InChI=1S/C76H145NO3/c1-3-5-7-9-11-13-15-17-19-21-23-25-27-29-31-33-35-36-37-38-39-40-42-44-46-48-50-52-54-56-58-60-62-64-66-68-70-72-76(80)77-74(73-78)75(79)71-69-67-65-63-61-59-57-55-53-51-49-47-45-43-41-34-32-30-28-26-24-22-20-18-16-14-12-10-8-6-4-2/h15,17,21,23,61,63,69,71,74-75,78-79H,3-14,16,18-20,22,24-60,62,64-68,70,72-73H2,1-2H3,(H,77,80)/b17-15-,23-21-,63-61+,71-69+. The Morgan fingerprint density at radius 2 is 0.525 bits per heavy atom. The molecule has 2 unspecified atom stereocenters. The van der Waals surface area contributed by atoms with Gasteiger partial charge >= 0.3 is 0 Å². The molecule has 1 amide bonds. The SMILES string of the molecule is CCCCCCC/C=C\C/C=C\CCCCCCCCCCCCCCCCCCCCCCCCCCCC(=O)NC(CO)C(O)/C=C/CC/C=C/CCCCCCCCCCCCCCCCCCCCCCCCCCC. The number of carbonyl (C=O) groups is 1. The summed E-state index contributed by atoms with van der Waals surface area (Å²) in [5.74, 6) is -0.0654. The number of aliphatic hydroxyl groups excluding tert-OH is 2. The van der Waals surface area contributed by atoms with E-state index in [1.807, 2.05) is 6.08 Å². The number of amides is 1. The molecule has 0 spiro atoms. The highest BCUT2D eigenvalue weighted by Gasteiger charge is 2.18. The van der Waals surface area contributed by atoms with E-state index in [0.29, 0.717) is 6.42 Å². The average molecular weight is 1120 g/mol. The molecule has 0 bridgehead atoms. The number of unbranched alkanes of at least 4 members (excludes halogenated alkanes) is 56. The Kier molecular flexibility index (Phi) is 70.1. The van der Waals surface area contributed by atoms with Crippen molar-refractivity contribution in [2.45, 2.75) is 424 Å². The Morgan fingerprint density at radius 1 is 0.300 bits per heavy atom. The lowest BCUT2D eigenvalue weighted by Crippen LogP contribution is -2.45. The second-order valence-electron chi connectivity index (χ2n) is 25.4. The van der Waals surface area contributed by atoms with Gasteiger partial charge in [0.15, 0.2) is 0 Å². The highest BCUT2D eigenvalue weighted by molar-refractivity contribution is 5.76. The van der Waals surface area contributed by atoms with Crippen LogP contribution in [0.25, 0.3) is 0 Å². The Balaban J connectivity index is 3.43. The Morgan fingerprint density at radius 3 is 0.800 bits per heavy atom. The summed E-state index contributed by atoms with van der Waals surface area (Å²) in [7, 11) is 0. The smallest absolute Gasteiger partial charge is 0.220 e. The molecule has 0 saturated heterocycles. The summed E-state index contributed by atoms with van der Waals surface area (Å²) in [5, 5.41) is 23.3. The van der Waals surface area contributed by atoms with Gasteiger partial charge in [0.05, 0.1) is 18.8 Å². The minimum atomic E-state index is -0.863. The second kappa shape index (κ2) is 71.6. The quantitative estimate of drug-likeness (QED) is 0.0420. The maximum absolute atomic E-state index is 12.5. The number of nitrogens with one attached hydrogen (secondary N) is 1. The van der Waals surface area contributed by atoms with Gasteiger partial charge in [0.25, 0.3) is 0 Å². The van der Waals surface area contributed by atoms with Crippen molar-refractivity contribution < 1.29 is 15.0 Å². The predicted octanol–water partition coefficient (Wildman–Crippen LogP) is 25.3. The van der Waals surface area contributed by atoms with E-state index in [9.17, 15) is 15.0 Å². The average Bonchev–Trinajstić information content (AvgIpc) is 3.46. The third-order valence-electron chi connectivity index (χ3n) is 17.3. The summed E-state index contributed by atoms with van der Waals surface area (Å²) in [5.41, 5.74) is 0. The molecule has 0 aliphatic rings. The maximum atomic E-state index is 12.5. The summed E-state index contributed by atoms with van der Waals surface area (Å²) >= 11 is 0. The molecular weight excluding hydrogens is 975 g/mol. The molecule has 80 heavy (non-hydrogen) atoms. The Bertz CT molecular complexity index is 1270. The van der Waals surface area contributed by atoms with Gasteiger partial charge in [-0.1, -0.05) is 390 Å². The van der Waals surface area contributed by atoms with Crippen LogP contribution in [0.3, 0.4) is 0 Å². The van der Waals surface area contributed by atoms with E-state index in [1.54, 1.807) is 6.08 Å². The van der Waals surface area contributed by atoms with Gasteiger partial charge in [-0.2, -0.15) is 0 Å². The molecule has 0 radical (unpaired) electrons. The second-order valence-corrected chi connectivity index (χ2v) is 25.4. The first-order valence-corrected chi connectivity index (χ1v) is 36.9. The highest BCUT2D eigenvalue weighted by atomic mass is 16.3. The van der Waals surface area contributed by atoms with Crippen LogP contribution in [-0.4, -0.2) is 34.9 Å². The molecule has 4 heteroatoms. The minimum absolute atomic E-state index is 0.0654. The van der Waals surface area contributed by atoms with Gasteiger partial charge in [-0.3, -0.25) is 4.79 Å². The predicted molar refractivity (Wildman–Crippen MR) is 359 cm³/mol. The highest BCUT2D eigenvalue weighted by Crippen LogP contribution is 2.19. The number of aliphatic hydroxyl groups is 2. The van der Waals surface area contributed by atoms with E-state index in [2.05, 4.69) is 55.6 Å². The Hall–Kier alpha value is -1.65. The number of hydrogen-bond acceptors (Lipinski definition) is 3. The fourth-order valence-corrected chi connectivity index (χ4v) is 11.7. The fourth-order valence-electron chi connectivity index (χ4n) is 11.7. The fraction of sp³-hybridized carbons (Fsp3) is 0.882. The van der Waals surface area contributed by atoms with Crippen LogP contribution in [0.5, 0.6) is 0 Å². The van der Waals surface area contributed by atoms with Crippen molar-refractivity contribution in [1.29, 1.82) is 0 Å². The van der Waals surface area contributed by atoms with Gasteiger partial charge < -0.3 is 15.5 Å². The van der Waals surface area contributed by atoms with E-state index in [4.69, 9.17) is 0 Å². The van der Waals surface area contributed by atoms with Crippen LogP contribution in [0, 0.1) is 0 Å². The van der Waals surface area contributed by atoms with Crippen molar-refractivity contribution >= 4 is 5.91 Å². The van der Waals surface area contributed by atoms with Crippen LogP contribution in [0.1, 0.15) is 412 Å². The van der Waals surface area contributed by atoms with Gasteiger partial charge in [0, 0.05) is 6.42 Å². The molecule has 0 aliphatic heterocycles. The van der Waals surface area contributed by atoms with E-state index < -0.39 is 12.1 Å².